The third-order valence-electron chi connectivity index (χ3n) is 7.06. The number of rotatable bonds is 2. The second-order valence-corrected chi connectivity index (χ2v) is 10.9. The smallest absolute Gasteiger partial charge is 0.355 e. The van der Waals surface area contributed by atoms with E-state index in [9.17, 15) is 13.2 Å². The fourth-order valence-corrected chi connectivity index (χ4v) is 6.85. The van der Waals surface area contributed by atoms with Crippen molar-refractivity contribution in [3.63, 3.8) is 0 Å². The Labute approximate surface area is 211 Å². The Bertz CT molecular complexity index is 1440. The van der Waals surface area contributed by atoms with Crippen molar-refractivity contribution in [2.24, 2.45) is 11.1 Å². The summed E-state index contributed by atoms with van der Waals surface area (Å²) in [6, 6.07) is 1.34. The minimum Gasteiger partial charge on any atom is -0.355 e. The van der Waals surface area contributed by atoms with Crippen LogP contribution in [0.4, 0.5) is 19.0 Å². The predicted octanol–water partition coefficient (Wildman–Crippen LogP) is 5.42. The molecule has 1 aliphatic heterocycles. The SMILES string of the molecule is NC1c2sc(Cl)nc2CC12CCN(c1nccn3c(-c4ccnc(C(F)(F)F)c4Cl)ncc13)CC2. The van der Waals surface area contributed by atoms with Gasteiger partial charge in [0.05, 0.1) is 16.9 Å². The van der Waals surface area contributed by atoms with Crippen LogP contribution in [0.15, 0.2) is 30.9 Å². The third-order valence-corrected chi connectivity index (χ3v) is 8.73. The Morgan fingerprint density at radius 2 is 1.89 bits per heavy atom. The van der Waals surface area contributed by atoms with Crippen molar-refractivity contribution < 1.29 is 13.2 Å². The fraction of sp³-hybridized carbons (Fsp3) is 0.364. The van der Waals surface area contributed by atoms with Crippen LogP contribution in [0.1, 0.15) is 35.1 Å². The number of pyridine rings is 1. The summed E-state index contributed by atoms with van der Waals surface area (Å²) in [5.41, 5.74) is 7.29. The molecular formula is C22H18Cl2F3N7S. The number of imidazole rings is 1. The second-order valence-electron chi connectivity index (χ2n) is 8.89. The van der Waals surface area contributed by atoms with Gasteiger partial charge >= 0.3 is 6.18 Å². The van der Waals surface area contributed by atoms with Gasteiger partial charge in [-0.05, 0) is 30.7 Å². The third kappa shape index (κ3) is 3.59. The molecule has 2 aliphatic rings. The van der Waals surface area contributed by atoms with E-state index >= 15 is 0 Å². The van der Waals surface area contributed by atoms with Crippen LogP contribution in [-0.4, -0.2) is 37.4 Å². The number of halogens is 5. The number of hydrogen-bond acceptors (Lipinski definition) is 7. The van der Waals surface area contributed by atoms with Gasteiger partial charge in [-0.15, -0.1) is 11.3 Å². The molecule has 1 spiro atoms. The molecule has 1 saturated heterocycles. The monoisotopic (exact) mass is 539 g/mol. The quantitative estimate of drug-likeness (QED) is 0.366. The Balaban J connectivity index is 1.30. The summed E-state index contributed by atoms with van der Waals surface area (Å²) in [6.07, 6.45) is 3.85. The summed E-state index contributed by atoms with van der Waals surface area (Å²) in [4.78, 5) is 20.1. The molecule has 13 heteroatoms. The summed E-state index contributed by atoms with van der Waals surface area (Å²) < 4.78 is 42.2. The molecule has 0 bridgehead atoms. The summed E-state index contributed by atoms with van der Waals surface area (Å²) >= 11 is 13.6. The molecular weight excluding hydrogens is 522 g/mol. The summed E-state index contributed by atoms with van der Waals surface area (Å²) in [7, 11) is 0. The number of piperidine rings is 1. The lowest BCUT2D eigenvalue weighted by molar-refractivity contribution is -0.141. The number of nitrogens with two attached hydrogens (primary N) is 1. The normalized spacial score (nSPS) is 19.6. The molecule has 0 aromatic carbocycles. The number of fused-ring (bicyclic) bond motifs is 2. The first-order valence-corrected chi connectivity index (χ1v) is 12.4. The first-order chi connectivity index (χ1) is 16.7. The van der Waals surface area contributed by atoms with Gasteiger partial charge in [-0.25, -0.2) is 15.0 Å². The van der Waals surface area contributed by atoms with Crippen LogP contribution in [0.2, 0.25) is 9.49 Å². The number of alkyl halides is 3. The van der Waals surface area contributed by atoms with Crippen LogP contribution in [0.5, 0.6) is 0 Å². The van der Waals surface area contributed by atoms with Gasteiger partial charge in [0, 0.05) is 48.2 Å². The Kier molecular flexibility index (Phi) is 5.26. The van der Waals surface area contributed by atoms with Crippen molar-refractivity contribution in [1.82, 2.24) is 24.3 Å². The molecule has 0 saturated carbocycles. The molecule has 0 amide bonds. The molecule has 5 heterocycles. The Morgan fingerprint density at radius 3 is 2.60 bits per heavy atom. The van der Waals surface area contributed by atoms with E-state index in [1.165, 1.54) is 17.4 Å². The highest BCUT2D eigenvalue weighted by atomic mass is 35.5. The van der Waals surface area contributed by atoms with Crippen LogP contribution in [0.3, 0.4) is 0 Å². The van der Waals surface area contributed by atoms with Crippen molar-refractivity contribution in [1.29, 1.82) is 0 Å². The Morgan fingerprint density at radius 1 is 1.11 bits per heavy atom. The molecule has 0 radical (unpaired) electrons. The summed E-state index contributed by atoms with van der Waals surface area (Å²) in [6.45, 7) is 1.47. The van der Waals surface area contributed by atoms with Gasteiger partial charge < -0.3 is 10.6 Å². The van der Waals surface area contributed by atoms with Gasteiger partial charge in [0.25, 0.3) is 0 Å². The number of thiazole rings is 1. The number of aromatic nitrogens is 5. The first kappa shape index (κ1) is 23.0. The minimum absolute atomic E-state index is 0.0513. The van der Waals surface area contributed by atoms with Crippen molar-refractivity contribution >= 4 is 45.9 Å². The Hall–Kier alpha value is -2.47. The van der Waals surface area contributed by atoms with E-state index in [2.05, 4.69) is 24.8 Å². The summed E-state index contributed by atoms with van der Waals surface area (Å²) in [5, 5.41) is -0.484. The highest BCUT2D eigenvalue weighted by molar-refractivity contribution is 7.16. The van der Waals surface area contributed by atoms with Crippen LogP contribution in [0.25, 0.3) is 16.9 Å². The van der Waals surface area contributed by atoms with Gasteiger partial charge in [-0.2, -0.15) is 13.2 Å². The maximum Gasteiger partial charge on any atom is 0.434 e. The first-order valence-electron chi connectivity index (χ1n) is 10.9. The van der Waals surface area contributed by atoms with Gasteiger partial charge in [0.1, 0.15) is 11.3 Å². The van der Waals surface area contributed by atoms with Gasteiger partial charge in [-0.3, -0.25) is 9.38 Å². The molecule has 1 aliphatic carbocycles. The predicted molar refractivity (Wildman–Crippen MR) is 128 cm³/mol. The zero-order valence-corrected chi connectivity index (χ0v) is 20.4. The zero-order valence-electron chi connectivity index (χ0n) is 18.1. The molecule has 7 nitrogen and oxygen atoms in total. The highest BCUT2D eigenvalue weighted by Gasteiger charge is 2.48. The van der Waals surface area contributed by atoms with E-state index < -0.39 is 16.9 Å². The van der Waals surface area contributed by atoms with Crippen molar-refractivity contribution in [2.45, 2.75) is 31.5 Å². The van der Waals surface area contributed by atoms with Gasteiger partial charge in [0.15, 0.2) is 16.0 Å². The van der Waals surface area contributed by atoms with Crippen molar-refractivity contribution in [2.75, 3.05) is 18.0 Å². The van der Waals surface area contributed by atoms with Crippen molar-refractivity contribution in [3.05, 3.63) is 56.6 Å². The van der Waals surface area contributed by atoms with E-state index in [0.29, 0.717) is 21.6 Å². The molecule has 2 N–H and O–H groups in total. The molecule has 1 fully saturated rings. The molecule has 6 rings (SSSR count). The maximum atomic E-state index is 13.3. The van der Waals surface area contributed by atoms with E-state index in [1.54, 1.807) is 23.0 Å². The second kappa shape index (κ2) is 8.02. The van der Waals surface area contributed by atoms with E-state index in [0.717, 1.165) is 49.1 Å². The summed E-state index contributed by atoms with van der Waals surface area (Å²) in [5.74, 6) is 1.00. The van der Waals surface area contributed by atoms with Gasteiger partial charge in [0.2, 0.25) is 0 Å². The number of anilines is 1. The largest absolute Gasteiger partial charge is 0.434 e. The molecule has 4 aromatic rings. The fourth-order valence-electron chi connectivity index (χ4n) is 5.25. The lowest BCUT2D eigenvalue weighted by Crippen LogP contribution is -2.44. The zero-order chi connectivity index (χ0) is 24.5. The standard InChI is InChI=1S/C22H18Cl2F3N7S/c23-14-11(1-4-29-17(14)22(25,26)27)18-31-10-13-19(30-5-8-34(13)18)33-6-2-21(3-7-33)9-12-15(16(21)28)35-20(24)32-12/h1,4-5,8,10,16H,2-3,6-7,9,28H2. The maximum absolute atomic E-state index is 13.3. The van der Waals surface area contributed by atoms with E-state index in [4.69, 9.17) is 28.9 Å². The molecule has 182 valence electrons. The number of hydrogen-bond donors (Lipinski definition) is 1. The topological polar surface area (TPSA) is 85.2 Å². The molecule has 1 unspecified atom stereocenters. The van der Waals surface area contributed by atoms with E-state index in [1.807, 2.05) is 0 Å². The number of nitrogens with zero attached hydrogens (tertiary/aromatic N) is 6. The van der Waals surface area contributed by atoms with Crippen LogP contribution < -0.4 is 10.6 Å². The average Bonchev–Trinajstić information content (AvgIpc) is 3.47. The van der Waals surface area contributed by atoms with Gasteiger partial charge in [-0.1, -0.05) is 23.2 Å². The van der Waals surface area contributed by atoms with Crippen LogP contribution in [-0.2, 0) is 12.6 Å². The highest BCUT2D eigenvalue weighted by Crippen LogP contribution is 2.53. The van der Waals surface area contributed by atoms with E-state index in [-0.39, 0.29) is 17.0 Å². The minimum atomic E-state index is -4.66. The van der Waals surface area contributed by atoms with Crippen molar-refractivity contribution in [3.8, 4) is 11.4 Å². The van der Waals surface area contributed by atoms with Crippen LogP contribution in [0, 0.1) is 5.41 Å². The lowest BCUT2D eigenvalue weighted by Gasteiger charge is -2.42. The molecule has 1 atom stereocenters. The van der Waals surface area contributed by atoms with Crippen LogP contribution >= 0.6 is 34.5 Å². The molecule has 35 heavy (non-hydrogen) atoms. The average molecular weight is 540 g/mol. The lowest BCUT2D eigenvalue weighted by atomic mass is 9.74. The molecule has 4 aromatic heterocycles.